The molecule has 4 rings (SSSR count). The van der Waals surface area contributed by atoms with E-state index in [4.69, 9.17) is 4.74 Å². The number of aromatic nitrogens is 2. The average molecular weight is 420 g/mol. The monoisotopic (exact) mass is 419 g/mol. The molecule has 4 aromatic rings. The highest BCUT2D eigenvalue weighted by Gasteiger charge is 2.18. The van der Waals surface area contributed by atoms with Crippen LogP contribution in [0.2, 0.25) is 0 Å². The van der Waals surface area contributed by atoms with Crippen LogP contribution in [0.3, 0.4) is 0 Å². The van der Waals surface area contributed by atoms with Crippen LogP contribution in [0.1, 0.15) is 23.7 Å². The summed E-state index contributed by atoms with van der Waals surface area (Å²) in [7, 11) is 0. The third-order valence-corrected chi connectivity index (χ3v) is 5.57. The fourth-order valence-corrected chi connectivity index (χ4v) is 4.17. The number of rotatable bonds is 6. The summed E-state index contributed by atoms with van der Waals surface area (Å²) in [4.78, 5) is 33.7. The number of H-pyrrole nitrogens is 1. The second-order valence-electron chi connectivity index (χ2n) is 7.01. The number of aryl methyl sites for hydroxylation is 1. The molecule has 0 saturated heterocycles. The van der Waals surface area contributed by atoms with Crippen LogP contribution < -0.4 is 4.90 Å². The van der Waals surface area contributed by atoms with Crippen molar-refractivity contribution in [3.05, 3.63) is 76.9 Å². The molecule has 0 fully saturated rings. The highest BCUT2D eigenvalue weighted by atomic mass is 32.1. The Morgan fingerprint density at radius 1 is 1.17 bits per heavy atom. The van der Waals surface area contributed by atoms with Gasteiger partial charge in [0.25, 0.3) is 0 Å². The molecule has 2 aromatic heterocycles. The summed E-state index contributed by atoms with van der Waals surface area (Å²) in [6, 6.07) is 15.5. The number of hydrogen-bond donors (Lipinski definition) is 1. The molecule has 0 bridgehead atoms. The Balaban J connectivity index is 1.42. The first kappa shape index (κ1) is 19.8. The van der Waals surface area contributed by atoms with E-state index in [1.165, 1.54) is 18.3 Å². The molecule has 0 aliphatic rings. The van der Waals surface area contributed by atoms with Crippen LogP contribution >= 0.6 is 11.3 Å². The Morgan fingerprint density at radius 3 is 2.80 bits per heavy atom. The smallest absolute Gasteiger partial charge is 0.310 e. The molecule has 7 heteroatoms. The highest BCUT2D eigenvalue weighted by Crippen LogP contribution is 2.29. The Kier molecular flexibility index (Phi) is 5.63. The number of carbonyl (C=O) groups is 2. The van der Waals surface area contributed by atoms with Gasteiger partial charge < -0.3 is 9.72 Å². The molecule has 1 amide bonds. The molecular formula is C23H21N3O3S. The molecule has 0 aliphatic heterocycles. The molecule has 30 heavy (non-hydrogen) atoms. The van der Waals surface area contributed by atoms with Crippen LogP contribution in [0.25, 0.3) is 10.9 Å². The highest BCUT2D eigenvalue weighted by molar-refractivity contribution is 7.14. The third-order valence-electron chi connectivity index (χ3n) is 4.70. The number of anilines is 2. The lowest BCUT2D eigenvalue weighted by molar-refractivity contribution is -0.144. The van der Waals surface area contributed by atoms with E-state index >= 15 is 0 Å². The SMILES string of the molecule is CC(=O)N(c1cccc(C)c1)c1nc(COC(=O)Cc2c[nH]c3ccccc23)cs1. The van der Waals surface area contributed by atoms with Crippen molar-refractivity contribution in [1.82, 2.24) is 9.97 Å². The number of aromatic amines is 1. The van der Waals surface area contributed by atoms with Crippen LogP contribution in [0.4, 0.5) is 10.8 Å². The summed E-state index contributed by atoms with van der Waals surface area (Å²) in [5, 5.41) is 3.37. The minimum atomic E-state index is -0.323. The van der Waals surface area contributed by atoms with Crippen molar-refractivity contribution in [3.63, 3.8) is 0 Å². The van der Waals surface area contributed by atoms with Crippen LogP contribution in [0, 0.1) is 6.92 Å². The van der Waals surface area contributed by atoms with Gasteiger partial charge in [0.1, 0.15) is 6.61 Å². The molecule has 1 N–H and O–H groups in total. The van der Waals surface area contributed by atoms with E-state index in [1.54, 1.807) is 10.3 Å². The summed E-state index contributed by atoms with van der Waals surface area (Å²) in [5.74, 6) is -0.450. The molecule has 2 heterocycles. The zero-order chi connectivity index (χ0) is 21.1. The second-order valence-corrected chi connectivity index (χ2v) is 7.85. The number of thiazole rings is 1. The normalized spacial score (nSPS) is 10.9. The molecule has 0 spiro atoms. The van der Waals surface area contributed by atoms with Gasteiger partial charge in [0, 0.05) is 29.4 Å². The first-order valence-electron chi connectivity index (χ1n) is 9.53. The lowest BCUT2D eigenvalue weighted by atomic mass is 10.1. The zero-order valence-corrected chi connectivity index (χ0v) is 17.5. The van der Waals surface area contributed by atoms with Crippen LogP contribution in [-0.2, 0) is 27.4 Å². The Morgan fingerprint density at radius 2 is 2.00 bits per heavy atom. The third kappa shape index (κ3) is 4.26. The van der Waals surface area contributed by atoms with Gasteiger partial charge in [0.15, 0.2) is 5.13 Å². The summed E-state index contributed by atoms with van der Waals surface area (Å²) in [6.45, 7) is 3.55. The number of fused-ring (bicyclic) bond motifs is 1. The molecule has 0 aliphatic carbocycles. The molecule has 0 saturated carbocycles. The van der Waals surface area contributed by atoms with Crippen molar-refractivity contribution in [1.29, 1.82) is 0 Å². The summed E-state index contributed by atoms with van der Waals surface area (Å²) < 4.78 is 5.42. The molecule has 0 atom stereocenters. The number of carbonyl (C=O) groups excluding carboxylic acids is 2. The van der Waals surface area contributed by atoms with Crippen LogP contribution in [0.5, 0.6) is 0 Å². The van der Waals surface area contributed by atoms with E-state index in [0.717, 1.165) is 27.7 Å². The predicted octanol–water partition coefficient (Wildman–Crippen LogP) is 4.90. The fourth-order valence-electron chi connectivity index (χ4n) is 3.30. The van der Waals surface area contributed by atoms with Gasteiger partial charge in [-0.1, -0.05) is 30.3 Å². The first-order chi connectivity index (χ1) is 14.5. The van der Waals surface area contributed by atoms with Crippen molar-refractivity contribution in [2.45, 2.75) is 26.9 Å². The molecule has 0 radical (unpaired) electrons. The number of ether oxygens (including phenoxy) is 1. The van der Waals surface area contributed by atoms with E-state index < -0.39 is 0 Å². The lowest BCUT2D eigenvalue weighted by Crippen LogP contribution is -2.22. The average Bonchev–Trinajstić information content (AvgIpc) is 3.34. The van der Waals surface area contributed by atoms with Crippen molar-refractivity contribution in [2.24, 2.45) is 0 Å². The largest absolute Gasteiger partial charge is 0.459 e. The van der Waals surface area contributed by atoms with Crippen LogP contribution in [0.15, 0.2) is 60.1 Å². The maximum atomic E-state index is 12.3. The number of nitrogens with zero attached hydrogens (tertiary/aromatic N) is 2. The van der Waals surface area contributed by atoms with Gasteiger partial charge in [-0.25, -0.2) is 4.98 Å². The van der Waals surface area contributed by atoms with Crippen molar-refractivity contribution < 1.29 is 14.3 Å². The number of esters is 1. The van der Waals surface area contributed by atoms with Gasteiger partial charge >= 0.3 is 5.97 Å². The predicted molar refractivity (Wildman–Crippen MR) is 118 cm³/mol. The van der Waals surface area contributed by atoms with Crippen molar-refractivity contribution in [3.8, 4) is 0 Å². The Bertz CT molecular complexity index is 1210. The molecule has 6 nitrogen and oxygen atoms in total. The zero-order valence-electron chi connectivity index (χ0n) is 16.7. The molecule has 0 unspecified atom stereocenters. The van der Waals surface area contributed by atoms with Gasteiger partial charge in [0.05, 0.1) is 17.8 Å². The number of amides is 1. The minimum absolute atomic E-state index is 0.0667. The maximum Gasteiger partial charge on any atom is 0.310 e. The van der Waals surface area contributed by atoms with E-state index in [0.29, 0.717) is 10.8 Å². The maximum absolute atomic E-state index is 12.3. The lowest BCUT2D eigenvalue weighted by Gasteiger charge is -2.18. The van der Waals surface area contributed by atoms with E-state index in [2.05, 4.69) is 9.97 Å². The first-order valence-corrected chi connectivity index (χ1v) is 10.4. The fraction of sp³-hybridized carbons (Fsp3) is 0.174. The van der Waals surface area contributed by atoms with Gasteiger partial charge in [-0.3, -0.25) is 14.5 Å². The summed E-state index contributed by atoms with van der Waals surface area (Å²) >= 11 is 1.34. The Hall–Kier alpha value is -3.45. The van der Waals surface area contributed by atoms with Gasteiger partial charge in [-0.05, 0) is 36.2 Å². The standard InChI is InChI=1S/C23H21N3O3S/c1-15-6-5-7-19(10-15)26(16(2)27)23-25-18(14-30-23)13-29-22(28)11-17-12-24-21-9-4-3-8-20(17)21/h3-10,12,14,24H,11,13H2,1-2H3. The van der Waals surface area contributed by atoms with Crippen molar-refractivity contribution in [2.75, 3.05) is 4.90 Å². The topological polar surface area (TPSA) is 75.3 Å². The molecular weight excluding hydrogens is 398 g/mol. The van der Waals surface area contributed by atoms with Gasteiger partial charge in [-0.2, -0.15) is 0 Å². The van der Waals surface area contributed by atoms with Crippen molar-refractivity contribution >= 4 is 44.9 Å². The van der Waals surface area contributed by atoms with Crippen LogP contribution in [-0.4, -0.2) is 21.8 Å². The quantitative estimate of drug-likeness (QED) is 0.451. The number of hydrogen-bond acceptors (Lipinski definition) is 5. The molecule has 152 valence electrons. The molecule has 2 aromatic carbocycles. The Labute approximate surface area is 178 Å². The number of para-hydroxylation sites is 1. The van der Waals surface area contributed by atoms with Gasteiger partial charge in [-0.15, -0.1) is 11.3 Å². The second kappa shape index (κ2) is 8.51. The summed E-state index contributed by atoms with van der Waals surface area (Å²) in [5.41, 5.74) is 4.32. The van der Waals surface area contributed by atoms with E-state index in [9.17, 15) is 9.59 Å². The number of nitrogens with one attached hydrogen (secondary N) is 1. The van der Waals surface area contributed by atoms with Gasteiger partial charge in [0.2, 0.25) is 5.91 Å². The van der Waals surface area contributed by atoms with E-state index in [-0.39, 0.29) is 24.9 Å². The number of benzene rings is 2. The summed E-state index contributed by atoms with van der Waals surface area (Å²) in [6.07, 6.45) is 2.02. The minimum Gasteiger partial charge on any atom is -0.459 e. The van der Waals surface area contributed by atoms with E-state index in [1.807, 2.05) is 61.7 Å².